The molecule has 2 aromatic carbocycles. The third-order valence-electron chi connectivity index (χ3n) is 3.76. The van der Waals surface area contributed by atoms with Crippen LogP contribution >= 0.6 is 0 Å². The van der Waals surface area contributed by atoms with Crippen LogP contribution in [0.15, 0.2) is 60.7 Å². The van der Waals surface area contributed by atoms with Crippen molar-refractivity contribution in [3.05, 3.63) is 83.4 Å². The van der Waals surface area contributed by atoms with Gasteiger partial charge in [0.25, 0.3) is 5.91 Å². The summed E-state index contributed by atoms with van der Waals surface area (Å²) in [5, 5.41) is 12.4. The van der Waals surface area contributed by atoms with Crippen LogP contribution in [0.3, 0.4) is 0 Å². The summed E-state index contributed by atoms with van der Waals surface area (Å²) in [6.07, 6.45) is 0. The van der Waals surface area contributed by atoms with Gasteiger partial charge in [0.05, 0.1) is 6.54 Å². The van der Waals surface area contributed by atoms with Gasteiger partial charge in [-0.1, -0.05) is 48.5 Å². The van der Waals surface area contributed by atoms with E-state index in [1.165, 1.54) is 0 Å². The molecule has 0 saturated heterocycles. The van der Waals surface area contributed by atoms with E-state index in [1.807, 2.05) is 36.4 Å². The quantitative estimate of drug-likeness (QED) is 0.631. The molecule has 1 unspecified atom stereocenters. The Morgan fingerprint density at radius 1 is 1.04 bits per heavy atom. The molecule has 2 amide bonds. The number of amides is 2. The normalized spacial score (nSPS) is 11.6. The predicted octanol–water partition coefficient (Wildman–Crippen LogP) is 1.75. The number of carbonyl (C=O) groups excluding carboxylic acids is 2. The van der Waals surface area contributed by atoms with Gasteiger partial charge in [0, 0.05) is 5.56 Å². The molecule has 1 heterocycles. The second kappa shape index (κ2) is 8.06. The molecule has 0 radical (unpaired) electrons. The highest BCUT2D eigenvalue weighted by molar-refractivity contribution is 5.96. The van der Waals surface area contributed by atoms with Gasteiger partial charge in [-0.15, -0.1) is 0 Å². The molecule has 0 aliphatic rings. The minimum absolute atomic E-state index is 0.138. The molecule has 132 valence electrons. The van der Waals surface area contributed by atoms with E-state index in [4.69, 9.17) is 0 Å². The largest absolute Gasteiger partial charge is 0.343 e. The average molecular weight is 349 g/mol. The third-order valence-corrected chi connectivity index (χ3v) is 3.76. The minimum atomic E-state index is -0.498. The Morgan fingerprint density at radius 2 is 1.69 bits per heavy atom. The van der Waals surface area contributed by atoms with Gasteiger partial charge >= 0.3 is 0 Å². The molecule has 3 N–H and O–H groups in total. The highest BCUT2D eigenvalue weighted by Gasteiger charge is 2.21. The van der Waals surface area contributed by atoms with Crippen molar-refractivity contribution in [2.45, 2.75) is 13.0 Å². The Labute approximate surface area is 150 Å². The molecule has 0 aliphatic carbocycles. The van der Waals surface area contributed by atoms with Crippen molar-refractivity contribution < 1.29 is 9.59 Å². The average Bonchev–Trinajstić information content (AvgIpc) is 3.11. The molecular weight excluding hydrogens is 330 g/mol. The fourth-order valence-electron chi connectivity index (χ4n) is 2.50. The fraction of sp³-hybridized carbons (Fsp3) is 0.158. The van der Waals surface area contributed by atoms with Crippen molar-refractivity contribution in [1.82, 2.24) is 25.8 Å². The van der Waals surface area contributed by atoms with Crippen molar-refractivity contribution in [2.75, 3.05) is 6.54 Å². The van der Waals surface area contributed by atoms with Gasteiger partial charge in [0.1, 0.15) is 11.9 Å². The summed E-state index contributed by atoms with van der Waals surface area (Å²) < 4.78 is 0. The summed E-state index contributed by atoms with van der Waals surface area (Å²) in [4.78, 5) is 28.7. The molecule has 1 aromatic heterocycles. The highest BCUT2D eigenvalue weighted by Crippen LogP contribution is 2.18. The summed E-state index contributed by atoms with van der Waals surface area (Å²) in [6, 6.07) is 17.7. The Hall–Kier alpha value is -3.48. The number of H-pyrrole nitrogens is 1. The van der Waals surface area contributed by atoms with E-state index in [-0.39, 0.29) is 18.4 Å². The van der Waals surface area contributed by atoms with Crippen LogP contribution < -0.4 is 10.6 Å². The van der Waals surface area contributed by atoms with Crippen LogP contribution in [0.2, 0.25) is 0 Å². The predicted molar refractivity (Wildman–Crippen MR) is 96.3 cm³/mol. The second-order valence-corrected chi connectivity index (χ2v) is 5.74. The zero-order valence-electron chi connectivity index (χ0n) is 14.3. The first kappa shape index (κ1) is 17.3. The molecule has 3 rings (SSSR count). The molecule has 0 aliphatic heterocycles. The van der Waals surface area contributed by atoms with Crippen LogP contribution in [0, 0.1) is 6.92 Å². The number of aromatic amines is 1. The maximum Gasteiger partial charge on any atom is 0.251 e. The first-order valence-electron chi connectivity index (χ1n) is 8.20. The van der Waals surface area contributed by atoms with E-state index in [0.717, 1.165) is 5.56 Å². The monoisotopic (exact) mass is 349 g/mol. The Bertz CT molecular complexity index is 877. The maximum absolute atomic E-state index is 12.4. The summed E-state index contributed by atoms with van der Waals surface area (Å²) >= 11 is 0. The lowest BCUT2D eigenvalue weighted by atomic mass is 10.1. The van der Waals surface area contributed by atoms with Gasteiger partial charge in [0.15, 0.2) is 5.82 Å². The Kier molecular flexibility index (Phi) is 5.38. The molecule has 0 spiro atoms. The van der Waals surface area contributed by atoms with E-state index in [2.05, 4.69) is 25.8 Å². The SMILES string of the molecule is Cc1nc(C(NC(=O)CNC(=O)c2ccccc2)c2ccccc2)n[nH]1. The molecule has 26 heavy (non-hydrogen) atoms. The lowest BCUT2D eigenvalue weighted by Gasteiger charge is -2.16. The first-order valence-corrected chi connectivity index (χ1v) is 8.20. The van der Waals surface area contributed by atoms with Gasteiger partial charge < -0.3 is 10.6 Å². The van der Waals surface area contributed by atoms with Crippen LogP contribution in [-0.2, 0) is 4.79 Å². The van der Waals surface area contributed by atoms with Crippen molar-refractivity contribution >= 4 is 11.8 Å². The molecule has 0 saturated carbocycles. The molecule has 1 atom stereocenters. The maximum atomic E-state index is 12.4. The van der Waals surface area contributed by atoms with Gasteiger partial charge in [-0.25, -0.2) is 4.98 Å². The molecule has 0 bridgehead atoms. The third kappa shape index (κ3) is 4.32. The van der Waals surface area contributed by atoms with E-state index < -0.39 is 6.04 Å². The Balaban J connectivity index is 1.67. The second-order valence-electron chi connectivity index (χ2n) is 5.74. The molecular formula is C19H19N5O2. The van der Waals surface area contributed by atoms with Crippen molar-refractivity contribution in [2.24, 2.45) is 0 Å². The Morgan fingerprint density at radius 3 is 2.31 bits per heavy atom. The fourth-order valence-corrected chi connectivity index (χ4v) is 2.50. The van der Waals surface area contributed by atoms with Gasteiger partial charge in [-0.3, -0.25) is 14.7 Å². The zero-order chi connectivity index (χ0) is 18.4. The van der Waals surface area contributed by atoms with E-state index in [0.29, 0.717) is 17.2 Å². The molecule has 3 aromatic rings. The number of nitrogens with zero attached hydrogens (tertiary/aromatic N) is 2. The standard InChI is InChI=1S/C19H19N5O2/c1-13-21-18(24-23-13)17(14-8-4-2-5-9-14)22-16(25)12-20-19(26)15-10-6-3-7-11-15/h2-11,17H,12H2,1H3,(H,20,26)(H,22,25)(H,21,23,24). The summed E-state index contributed by atoms with van der Waals surface area (Å²) in [6.45, 7) is 1.65. The van der Waals surface area contributed by atoms with Crippen LogP contribution in [0.5, 0.6) is 0 Å². The number of rotatable bonds is 6. The first-order chi connectivity index (χ1) is 12.6. The number of aryl methyl sites for hydroxylation is 1. The summed E-state index contributed by atoms with van der Waals surface area (Å²) in [5.74, 6) is 0.500. The van der Waals surface area contributed by atoms with Crippen molar-refractivity contribution in [3.8, 4) is 0 Å². The van der Waals surface area contributed by atoms with E-state index in [9.17, 15) is 9.59 Å². The molecule has 7 nitrogen and oxygen atoms in total. The van der Waals surface area contributed by atoms with Gasteiger partial charge in [0.2, 0.25) is 5.91 Å². The van der Waals surface area contributed by atoms with Gasteiger partial charge in [-0.05, 0) is 24.6 Å². The van der Waals surface area contributed by atoms with Crippen molar-refractivity contribution in [3.63, 3.8) is 0 Å². The van der Waals surface area contributed by atoms with Crippen LogP contribution in [0.25, 0.3) is 0 Å². The number of hydrogen-bond acceptors (Lipinski definition) is 4. The van der Waals surface area contributed by atoms with E-state index >= 15 is 0 Å². The molecule has 0 fully saturated rings. The number of aromatic nitrogens is 3. The molecule has 7 heteroatoms. The van der Waals surface area contributed by atoms with E-state index in [1.54, 1.807) is 31.2 Å². The topological polar surface area (TPSA) is 99.8 Å². The van der Waals surface area contributed by atoms with Crippen LogP contribution in [0.1, 0.15) is 33.6 Å². The number of carbonyl (C=O) groups is 2. The van der Waals surface area contributed by atoms with Crippen molar-refractivity contribution in [1.29, 1.82) is 0 Å². The number of nitrogens with one attached hydrogen (secondary N) is 3. The number of benzene rings is 2. The summed E-state index contributed by atoms with van der Waals surface area (Å²) in [7, 11) is 0. The van der Waals surface area contributed by atoms with Crippen LogP contribution in [0.4, 0.5) is 0 Å². The lowest BCUT2D eigenvalue weighted by Crippen LogP contribution is -2.39. The zero-order valence-corrected chi connectivity index (χ0v) is 14.3. The number of hydrogen-bond donors (Lipinski definition) is 3. The van der Waals surface area contributed by atoms with Gasteiger partial charge in [-0.2, -0.15) is 5.10 Å². The smallest absolute Gasteiger partial charge is 0.251 e. The highest BCUT2D eigenvalue weighted by atomic mass is 16.2. The minimum Gasteiger partial charge on any atom is -0.343 e. The summed E-state index contributed by atoms with van der Waals surface area (Å²) in [5.41, 5.74) is 1.36. The van der Waals surface area contributed by atoms with Crippen LogP contribution in [-0.4, -0.2) is 33.5 Å². The lowest BCUT2D eigenvalue weighted by molar-refractivity contribution is -0.120.